The summed E-state index contributed by atoms with van der Waals surface area (Å²) < 4.78 is 2.29. The number of nitrogens with two attached hydrogens (primary N) is 1. The molecule has 6 nitrogen and oxygen atoms in total. The number of thiophene rings is 1. The maximum absolute atomic E-state index is 13.0. The number of hydrogen-bond acceptors (Lipinski definition) is 5. The summed E-state index contributed by atoms with van der Waals surface area (Å²) >= 11 is 1.69. The Morgan fingerprint density at radius 3 is 2.62 bits per heavy atom. The predicted octanol–water partition coefficient (Wildman–Crippen LogP) is 3.28. The van der Waals surface area contributed by atoms with Gasteiger partial charge in [-0.15, -0.1) is 23.7 Å². The van der Waals surface area contributed by atoms with Crippen molar-refractivity contribution in [3.05, 3.63) is 42.2 Å². The molecule has 0 aliphatic carbocycles. The Labute approximate surface area is 180 Å². The highest BCUT2D eigenvalue weighted by Crippen LogP contribution is 2.33. The van der Waals surface area contributed by atoms with E-state index in [0.717, 1.165) is 21.9 Å². The van der Waals surface area contributed by atoms with Crippen LogP contribution in [-0.2, 0) is 4.79 Å². The lowest BCUT2D eigenvalue weighted by molar-refractivity contribution is -0.131. The van der Waals surface area contributed by atoms with Crippen molar-refractivity contribution in [2.45, 2.75) is 19.3 Å². The van der Waals surface area contributed by atoms with Crippen molar-refractivity contribution in [1.29, 1.82) is 0 Å². The number of carbonyl (C=O) groups excluding carboxylic acids is 2. The first-order chi connectivity index (χ1) is 13.7. The molecule has 0 spiro atoms. The summed E-state index contributed by atoms with van der Waals surface area (Å²) in [7, 11) is 0. The second kappa shape index (κ2) is 9.52. The fourth-order valence-corrected chi connectivity index (χ4v) is 4.75. The molecule has 2 N–H and O–H groups in total. The monoisotopic (exact) mass is 432 g/mol. The Kier molecular flexibility index (Phi) is 7.05. The molecule has 0 bridgehead atoms. The Bertz CT molecular complexity index is 1020. The lowest BCUT2D eigenvalue weighted by Crippen LogP contribution is -2.37. The number of carbonyl (C=O) groups is 2. The van der Waals surface area contributed by atoms with E-state index in [1.165, 1.54) is 4.70 Å². The third-order valence-corrected chi connectivity index (χ3v) is 6.34. The maximum atomic E-state index is 13.0. The van der Waals surface area contributed by atoms with Gasteiger partial charge < -0.3 is 15.5 Å². The summed E-state index contributed by atoms with van der Waals surface area (Å²) in [6.45, 7) is 2.96. The number of pyridine rings is 1. The second-order valence-corrected chi connectivity index (χ2v) is 8.17. The van der Waals surface area contributed by atoms with E-state index in [-0.39, 0.29) is 24.2 Å². The van der Waals surface area contributed by atoms with Gasteiger partial charge in [0.25, 0.3) is 5.91 Å². The Hall–Kier alpha value is -2.22. The molecule has 8 heteroatoms. The van der Waals surface area contributed by atoms with E-state index in [1.807, 2.05) is 28.0 Å². The first kappa shape index (κ1) is 21.5. The van der Waals surface area contributed by atoms with Crippen LogP contribution >= 0.6 is 23.7 Å². The SMILES string of the molecule is Cl.NCCCC(=O)N1CCCN(C(=O)c2cc3c(cn2)sc2ccccc23)CC1. The fourth-order valence-electron chi connectivity index (χ4n) is 3.69. The summed E-state index contributed by atoms with van der Waals surface area (Å²) in [5.41, 5.74) is 5.97. The summed E-state index contributed by atoms with van der Waals surface area (Å²) in [4.78, 5) is 33.4. The van der Waals surface area contributed by atoms with Gasteiger partial charge in [-0.2, -0.15) is 0 Å². The minimum atomic E-state index is -0.0616. The molecule has 1 aromatic carbocycles. The minimum Gasteiger partial charge on any atom is -0.341 e. The van der Waals surface area contributed by atoms with Crippen LogP contribution in [0.15, 0.2) is 36.5 Å². The van der Waals surface area contributed by atoms with E-state index in [9.17, 15) is 9.59 Å². The van der Waals surface area contributed by atoms with Gasteiger partial charge in [-0.05, 0) is 31.5 Å². The largest absolute Gasteiger partial charge is 0.341 e. The number of rotatable bonds is 4. The number of fused-ring (bicyclic) bond motifs is 3. The summed E-state index contributed by atoms with van der Waals surface area (Å²) in [6.07, 6.45) is 3.77. The van der Waals surface area contributed by atoms with E-state index in [1.54, 1.807) is 17.5 Å². The molecule has 1 aliphatic rings. The zero-order valence-corrected chi connectivity index (χ0v) is 17.8. The van der Waals surface area contributed by atoms with Gasteiger partial charge in [-0.25, -0.2) is 4.98 Å². The van der Waals surface area contributed by atoms with Crippen LogP contribution in [0.4, 0.5) is 0 Å². The normalized spacial score (nSPS) is 14.7. The number of halogens is 1. The number of amides is 2. The molecule has 2 aromatic heterocycles. The molecular weight excluding hydrogens is 408 g/mol. The number of nitrogens with zero attached hydrogens (tertiary/aromatic N) is 3. The fraction of sp³-hybridized carbons (Fsp3) is 0.381. The molecule has 1 aliphatic heterocycles. The summed E-state index contributed by atoms with van der Waals surface area (Å²) in [5, 5.41) is 2.24. The summed E-state index contributed by atoms with van der Waals surface area (Å²) in [6, 6.07) is 10.1. The second-order valence-electron chi connectivity index (χ2n) is 7.08. The molecule has 0 radical (unpaired) electrons. The number of hydrogen-bond donors (Lipinski definition) is 1. The van der Waals surface area contributed by atoms with Crippen LogP contribution in [0.5, 0.6) is 0 Å². The van der Waals surface area contributed by atoms with E-state index < -0.39 is 0 Å². The van der Waals surface area contributed by atoms with Crippen molar-refractivity contribution in [3.63, 3.8) is 0 Å². The Balaban J connectivity index is 0.00000240. The molecule has 1 fully saturated rings. The first-order valence-corrected chi connectivity index (χ1v) is 10.5. The molecule has 1 saturated heterocycles. The molecule has 3 heterocycles. The van der Waals surface area contributed by atoms with E-state index in [4.69, 9.17) is 5.73 Å². The quantitative estimate of drug-likeness (QED) is 0.686. The third kappa shape index (κ3) is 4.52. The van der Waals surface area contributed by atoms with Crippen molar-refractivity contribution < 1.29 is 9.59 Å². The van der Waals surface area contributed by atoms with E-state index in [2.05, 4.69) is 17.1 Å². The van der Waals surface area contributed by atoms with E-state index in [0.29, 0.717) is 51.3 Å². The average Bonchev–Trinajstić information content (AvgIpc) is 2.91. The molecule has 0 atom stereocenters. The topological polar surface area (TPSA) is 79.5 Å². The van der Waals surface area contributed by atoms with Crippen LogP contribution in [0.25, 0.3) is 20.2 Å². The average molecular weight is 433 g/mol. The Morgan fingerprint density at radius 2 is 1.79 bits per heavy atom. The van der Waals surface area contributed by atoms with Gasteiger partial charge in [0.2, 0.25) is 5.91 Å². The molecular formula is C21H25ClN4O2S. The van der Waals surface area contributed by atoms with Gasteiger partial charge >= 0.3 is 0 Å². The molecule has 29 heavy (non-hydrogen) atoms. The smallest absolute Gasteiger partial charge is 0.272 e. The van der Waals surface area contributed by atoms with Gasteiger partial charge in [-0.1, -0.05) is 18.2 Å². The standard InChI is InChI=1S/C21H24N4O2S.ClH/c22-8-3-7-20(26)24-9-4-10-25(12-11-24)21(27)17-13-16-15-5-1-2-6-18(15)28-19(16)14-23-17;/h1-2,5-6,13-14H,3-4,7-12,22H2;1H. The highest BCUT2D eigenvalue weighted by Gasteiger charge is 2.23. The van der Waals surface area contributed by atoms with Crippen LogP contribution in [0.2, 0.25) is 0 Å². The van der Waals surface area contributed by atoms with Gasteiger partial charge in [0, 0.05) is 54.3 Å². The molecule has 3 aromatic rings. The van der Waals surface area contributed by atoms with Crippen molar-refractivity contribution in [2.24, 2.45) is 5.73 Å². The van der Waals surface area contributed by atoms with Crippen molar-refractivity contribution in [3.8, 4) is 0 Å². The maximum Gasteiger partial charge on any atom is 0.272 e. The Morgan fingerprint density at radius 1 is 1.03 bits per heavy atom. The van der Waals surface area contributed by atoms with Crippen LogP contribution in [0, 0.1) is 0 Å². The van der Waals surface area contributed by atoms with Crippen molar-refractivity contribution in [1.82, 2.24) is 14.8 Å². The third-order valence-electron chi connectivity index (χ3n) is 5.21. The molecule has 0 unspecified atom stereocenters. The number of benzene rings is 1. The zero-order chi connectivity index (χ0) is 19.5. The van der Waals surface area contributed by atoms with E-state index >= 15 is 0 Å². The van der Waals surface area contributed by atoms with Crippen molar-refractivity contribution >= 4 is 55.7 Å². The predicted molar refractivity (Wildman–Crippen MR) is 120 cm³/mol. The van der Waals surface area contributed by atoms with Gasteiger partial charge in [0.1, 0.15) is 5.69 Å². The van der Waals surface area contributed by atoms with Gasteiger partial charge in [-0.3, -0.25) is 9.59 Å². The highest BCUT2D eigenvalue weighted by molar-refractivity contribution is 7.25. The summed E-state index contributed by atoms with van der Waals surface area (Å²) in [5.74, 6) is 0.0671. The van der Waals surface area contributed by atoms with Gasteiger partial charge in [0.05, 0.1) is 4.70 Å². The van der Waals surface area contributed by atoms with Crippen molar-refractivity contribution in [2.75, 3.05) is 32.7 Å². The van der Waals surface area contributed by atoms with Gasteiger partial charge in [0.15, 0.2) is 0 Å². The molecule has 2 amide bonds. The number of aromatic nitrogens is 1. The molecule has 154 valence electrons. The first-order valence-electron chi connectivity index (χ1n) is 9.72. The lowest BCUT2D eigenvalue weighted by atomic mass is 10.1. The van der Waals surface area contributed by atoms with Crippen LogP contribution < -0.4 is 5.73 Å². The van der Waals surface area contributed by atoms with Crippen LogP contribution in [0.3, 0.4) is 0 Å². The molecule has 4 rings (SSSR count). The lowest BCUT2D eigenvalue weighted by Gasteiger charge is -2.22. The highest BCUT2D eigenvalue weighted by atomic mass is 35.5. The minimum absolute atomic E-state index is 0. The zero-order valence-electron chi connectivity index (χ0n) is 16.2. The van der Waals surface area contributed by atoms with Crippen LogP contribution in [0.1, 0.15) is 29.8 Å². The van der Waals surface area contributed by atoms with Crippen LogP contribution in [-0.4, -0.2) is 59.3 Å². The molecule has 0 saturated carbocycles.